The minimum absolute atomic E-state index is 0.224. The van der Waals surface area contributed by atoms with Gasteiger partial charge < -0.3 is 44.0 Å². The Morgan fingerprint density at radius 3 is 2.43 bits per heavy atom. The first-order valence-corrected chi connectivity index (χ1v) is 20.4. The number of hydrogen-bond acceptors (Lipinski definition) is 12. The van der Waals surface area contributed by atoms with E-state index in [0.29, 0.717) is 32.2 Å². The highest BCUT2D eigenvalue weighted by Gasteiger charge is 2.60. The van der Waals surface area contributed by atoms with Gasteiger partial charge in [0.25, 0.3) is 0 Å². The predicted octanol–water partition coefficient (Wildman–Crippen LogP) is 4.50. The van der Waals surface area contributed by atoms with Crippen molar-refractivity contribution >= 4 is 28.7 Å². The molecule has 1 unspecified atom stereocenters. The molecule has 14 heteroatoms. The monoisotopic (exact) mass is 785 g/mol. The molecule has 3 aliphatic rings. The average Bonchev–Trinajstić information content (AvgIpc) is 3.70. The number of carbonyl (C=O) groups excluding carboxylic acids is 3. The first-order chi connectivity index (χ1) is 26.4. The van der Waals surface area contributed by atoms with E-state index in [9.17, 15) is 19.5 Å². The molecule has 14 atom stereocenters. The van der Waals surface area contributed by atoms with E-state index >= 15 is 0 Å². The van der Waals surface area contributed by atoms with E-state index in [1.54, 1.807) is 21.0 Å². The average molecular weight is 786 g/mol. The third-order valence-corrected chi connectivity index (χ3v) is 13.0. The number of methoxy groups -OCH3 is 1. The van der Waals surface area contributed by atoms with Crippen molar-refractivity contribution in [3.63, 3.8) is 0 Å². The number of nitrogens with one attached hydrogen (secondary N) is 1. The number of nitrogens with two attached hydrogens (primary N) is 1. The molecular formula is C42H67N5O9. The van der Waals surface area contributed by atoms with Crippen LogP contribution in [0.2, 0.25) is 0 Å². The van der Waals surface area contributed by atoms with Crippen LogP contribution in [-0.4, -0.2) is 125 Å². The van der Waals surface area contributed by atoms with Crippen molar-refractivity contribution in [1.29, 1.82) is 0 Å². The van der Waals surface area contributed by atoms with E-state index in [1.807, 2.05) is 65.7 Å². The minimum atomic E-state index is -1.30. The summed E-state index contributed by atoms with van der Waals surface area (Å²) < 4.78 is 33.7. The van der Waals surface area contributed by atoms with E-state index in [0.717, 1.165) is 17.4 Å². The van der Waals surface area contributed by atoms with Crippen LogP contribution in [0.5, 0.6) is 0 Å². The zero-order valence-electron chi connectivity index (χ0n) is 35.3. The number of hydrogen-bond donors (Lipinski definition) is 3. The molecule has 56 heavy (non-hydrogen) atoms. The highest BCUT2D eigenvalue weighted by molar-refractivity contribution is 6.00. The molecule has 0 bridgehead atoms. The number of Topliss-reactive ketones (excluding diaryl/α,β-unsaturated/α-hetero) is 1. The zero-order chi connectivity index (χ0) is 41.3. The number of aliphatic hydroxyl groups excluding tert-OH is 1. The summed E-state index contributed by atoms with van der Waals surface area (Å²) in [6.45, 7) is 15.9. The molecule has 2 aromatic rings. The topological polar surface area (TPSA) is 167 Å². The van der Waals surface area contributed by atoms with Gasteiger partial charge in [-0.25, -0.2) is 15.2 Å². The van der Waals surface area contributed by atoms with Gasteiger partial charge in [-0.1, -0.05) is 45.9 Å². The number of fused-ring (bicyclic) bond motifs is 2. The van der Waals surface area contributed by atoms with Crippen LogP contribution in [0.15, 0.2) is 36.5 Å². The number of ketones is 1. The first kappa shape index (κ1) is 44.0. The van der Waals surface area contributed by atoms with Crippen molar-refractivity contribution in [2.24, 2.45) is 29.4 Å². The number of aromatic nitrogens is 1. The van der Waals surface area contributed by atoms with E-state index in [2.05, 4.69) is 34.4 Å². The Bertz CT molecular complexity index is 1670. The van der Waals surface area contributed by atoms with Crippen LogP contribution < -0.4 is 11.2 Å². The molecular weight excluding hydrogens is 718 g/mol. The Morgan fingerprint density at radius 1 is 1.07 bits per heavy atom. The SMILES string of the molecule is CC[C@@H]1OC(=O)[C@H](C)C(=O)[C@H](C)[C@@H](O[C@@H]2O[C@H](C)C[C@H](N(C)C)[C@H]2O)[C@@](C)(OC)C[C@@H](C)C(N)[C@@H](C)[C@H]2N(NCCCn3ccc4ccccc43)C(=O)O[C@]12C. The van der Waals surface area contributed by atoms with Crippen molar-refractivity contribution in [2.75, 3.05) is 27.7 Å². The number of nitrogens with zero attached hydrogens (tertiary/aromatic N) is 3. The van der Waals surface area contributed by atoms with Crippen molar-refractivity contribution in [1.82, 2.24) is 19.9 Å². The number of carbonyl (C=O) groups is 3. The Hall–Kier alpha value is -3.11. The summed E-state index contributed by atoms with van der Waals surface area (Å²) in [7, 11) is 5.36. The molecule has 14 nitrogen and oxygen atoms in total. The van der Waals surface area contributed by atoms with Crippen molar-refractivity contribution in [2.45, 2.75) is 148 Å². The molecule has 314 valence electrons. The summed E-state index contributed by atoms with van der Waals surface area (Å²) in [4.78, 5) is 44.1. The Balaban J connectivity index is 1.46. The summed E-state index contributed by atoms with van der Waals surface area (Å²) in [6.07, 6.45) is -0.664. The maximum absolute atomic E-state index is 14.3. The third kappa shape index (κ3) is 8.67. The summed E-state index contributed by atoms with van der Waals surface area (Å²) in [5.41, 5.74) is 9.26. The number of para-hydroxylation sites is 1. The predicted molar refractivity (Wildman–Crippen MR) is 212 cm³/mol. The number of cyclic esters (lactones) is 1. The molecule has 5 rings (SSSR count). The van der Waals surface area contributed by atoms with Gasteiger partial charge >= 0.3 is 12.1 Å². The van der Waals surface area contributed by atoms with Gasteiger partial charge in [-0.3, -0.25) is 9.59 Å². The van der Waals surface area contributed by atoms with Crippen LogP contribution in [0.3, 0.4) is 0 Å². The van der Waals surface area contributed by atoms with Crippen molar-refractivity contribution < 1.29 is 43.2 Å². The molecule has 3 aliphatic heterocycles. The Morgan fingerprint density at radius 2 is 1.77 bits per heavy atom. The number of aryl methyl sites for hydroxylation is 1. The number of ether oxygens (including phenoxy) is 5. The van der Waals surface area contributed by atoms with Gasteiger partial charge in [-0.2, -0.15) is 0 Å². The van der Waals surface area contributed by atoms with Gasteiger partial charge in [0.05, 0.1) is 23.9 Å². The molecule has 1 amide bonds. The zero-order valence-corrected chi connectivity index (χ0v) is 35.3. The van der Waals surface area contributed by atoms with E-state index in [-0.39, 0.29) is 24.0 Å². The fourth-order valence-corrected chi connectivity index (χ4v) is 9.55. The number of benzene rings is 1. The minimum Gasteiger partial charge on any atom is -0.458 e. The lowest BCUT2D eigenvalue weighted by atomic mass is 9.72. The Kier molecular flexibility index (Phi) is 14.0. The number of aliphatic hydroxyl groups is 1. The fraction of sp³-hybridized carbons (Fsp3) is 0.738. The second kappa shape index (κ2) is 17.8. The lowest BCUT2D eigenvalue weighted by molar-refractivity contribution is -0.295. The van der Waals surface area contributed by atoms with Crippen LogP contribution in [0.4, 0.5) is 4.79 Å². The Labute approximate surface area is 332 Å². The molecule has 4 N–H and O–H groups in total. The largest absolute Gasteiger partial charge is 0.458 e. The molecule has 3 fully saturated rings. The standard InChI is InChI=1S/C42H67N5O9/c1-12-32-42(8)36(47(40(51)56-42)44-19-15-20-46-21-18-29-16-13-14-17-30(29)46)26(4)33(43)24(2)23-41(7,52-11)37(27(5)34(48)28(6)38(50)54-32)55-39-35(49)31(45(9)10)22-25(3)53-39/h13-14,16-18,21,24-28,31-33,35-37,39,44,49H,12,15,19-20,22-23,43H2,1-11H3/t24-,25-,26-,27+,28-,31+,32+,33?,35-,36-,37-,39+,41+,42-/m1/s1. The normalized spacial score (nSPS) is 39.0. The van der Waals surface area contributed by atoms with Gasteiger partial charge in [0.15, 0.2) is 17.7 Å². The smallest absolute Gasteiger partial charge is 0.425 e. The van der Waals surface area contributed by atoms with E-state index in [1.165, 1.54) is 11.9 Å². The number of rotatable bonds is 10. The molecule has 4 heterocycles. The highest BCUT2D eigenvalue weighted by atomic mass is 16.7. The fourth-order valence-electron chi connectivity index (χ4n) is 9.55. The van der Waals surface area contributed by atoms with Gasteiger partial charge in [-0.05, 0) is 96.8 Å². The summed E-state index contributed by atoms with van der Waals surface area (Å²) in [6, 6.07) is 8.88. The van der Waals surface area contributed by atoms with Gasteiger partial charge in [0.1, 0.15) is 18.1 Å². The number of esters is 1. The second-order valence-electron chi connectivity index (χ2n) is 17.2. The van der Waals surface area contributed by atoms with Crippen LogP contribution in [-0.2, 0) is 39.8 Å². The molecule has 1 aromatic heterocycles. The van der Waals surface area contributed by atoms with Crippen LogP contribution in [0.1, 0.15) is 81.1 Å². The molecule has 0 spiro atoms. The van der Waals surface area contributed by atoms with Gasteiger partial charge in [0, 0.05) is 49.9 Å². The second-order valence-corrected chi connectivity index (χ2v) is 17.2. The highest BCUT2D eigenvalue weighted by Crippen LogP contribution is 2.43. The lowest BCUT2D eigenvalue weighted by Crippen LogP contribution is -2.63. The van der Waals surface area contributed by atoms with Crippen LogP contribution in [0, 0.1) is 23.7 Å². The molecule has 0 radical (unpaired) electrons. The van der Waals surface area contributed by atoms with E-state index < -0.39 is 77.6 Å². The summed E-state index contributed by atoms with van der Waals surface area (Å²) in [5, 5.41) is 14.1. The molecule has 1 aromatic carbocycles. The van der Waals surface area contributed by atoms with Crippen molar-refractivity contribution in [3.05, 3.63) is 36.5 Å². The third-order valence-electron chi connectivity index (χ3n) is 13.0. The maximum atomic E-state index is 14.3. The van der Waals surface area contributed by atoms with Crippen LogP contribution in [0.25, 0.3) is 10.9 Å². The number of hydrazine groups is 1. The first-order valence-electron chi connectivity index (χ1n) is 20.4. The van der Waals surface area contributed by atoms with E-state index in [4.69, 9.17) is 29.4 Å². The quantitative estimate of drug-likeness (QED) is 0.176. The van der Waals surface area contributed by atoms with Gasteiger partial charge in [0.2, 0.25) is 0 Å². The molecule has 0 saturated carbocycles. The molecule has 0 aliphatic carbocycles. The van der Waals surface area contributed by atoms with Crippen molar-refractivity contribution in [3.8, 4) is 0 Å². The lowest BCUT2D eigenvalue weighted by Gasteiger charge is -2.48. The number of amides is 1. The maximum Gasteiger partial charge on any atom is 0.425 e. The number of likely N-dealkylation sites (N-methyl/N-ethyl adjacent to an activating group) is 1. The summed E-state index contributed by atoms with van der Waals surface area (Å²) >= 11 is 0. The summed E-state index contributed by atoms with van der Waals surface area (Å²) in [5.74, 6) is -3.82. The van der Waals surface area contributed by atoms with Crippen LogP contribution >= 0.6 is 0 Å². The van der Waals surface area contributed by atoms with Gasteiger partial charge in [-0.15, -0.1) is 0 Å². The molecule has 3 saturated heterocycles.